The molecular formula is C39H79NO6P2. The van der Waals surface area contributed by atoms with E-state index >= 15 is 0 Å². The Morgan fingerprint density at radius 3 is 1.23 bits per heavy atom. The first-order chi connectivity index (χ1) is 22.1. The van der Waals surface area contributed by atoms with Crippen LogP contribution in [-0.4, -0.2) is 27.0 Å². The Bertz CT molecular complexity index is 907. The summed E-state index contributed by atoms with van der Waals surface area (Å²) in [6, 6.07) is 6.32. The number of rotatable bonds is 23. The van der Waals surface area contributed by atoms with Crippen molar-refractivity contribution in [3.05, 3.63) is 30.6 Å². The van der Waals surface area contributed by atoms with Crippen LogP contribution in [0.4, 0.5) is 0 Å². The van der Waals surface area contributed by atoms with Gasteiger partial charge in [0.05, 0.1) is 6.16 Å². The zero-order chi connectivity index (χ0) is 37.1. The third-order valence-electron chi connectivity index (χ3n) is 8.06. The highest BCUT2D eigenvalue weighted by molar-refractivity contribution is 7.51. The normalized spacial score (nSPS) is 14.6. The fourth-order valence-electron chi connectivity index (χ4n) is 6.45. The summed E-state index contributed by atoms with van der Waals surface area (Å²) in [7, 11) is -7.87. The molecule has 0 saturated heterocycles. The van der Waals surface area contributed by atoms with Crippen LogP contribution in [0.3, 0.4) is 0 Å². The number of pyridine rings is 1. The summed E-state index contributed by atoms with van der Waals surface area (Å²) in [6.07, 6.45) is 29.0. The molecule has 3 N–H and O–H groups in total. The molecule has 0 fully saturated rings. The predicted molar refractivity (Wildman–Crippen MR) is 204 cm³/mol. The molecule has 0 aliphatic rings. The molecule has 286 valence electrons. The van der Waals surface area contributed by atoms with Crippen LogP contribution in [0.5, 0.6) is 0 Å². The number of nitrogens with zero attached hydrogens (tertiary/aromatic N) is 1. The molecule has 0 saturated carbocycles. The topological polar surface area (TPSA) is 122 Å². The van der Waals surface area contributed by atoms with E-state index in [1.807, 2.05) is 13.8 Å². The number of hydrogen-bond donors (Lipinski definition) is 3. The molecule has 0 aliphatic carbocycles. The summed E-state index contributed by atoms with van der Waals surface area (Å²) in [5.41, 5.74) is 0.267. The van der Waals surface area contributed by atoms with E-state index in [-0.39, 0.29) is 35.0 Å². The second-order valence-electron chi connectivity index (χ2n) is 16.8. The van der Waals surface area contributed by atoms with Crippen molar-refractivity contribution in [2.24, 2.45) is 22.7 Å². The van der Waals surface area contributed by atoms with Crippen molar-refractivity contribution in [1.82, 2.24) is 0 Å². The molecule has 1 rings (SSSR count). The largest absolute Gasteiger partial charge is 0.779 e. The maximum absolute atomic E-state index is 10.6. The molecule has 9 heteroatoms. The van der Waals surface area contributed by atoms with E-state index in [0.717, 1.165) is 12.8 Å². The van der Waals surface area contributed by atoms with Crippen molar-refractivity contribution >= 4 is 15.2 Å². The van der Waals surface area contributed by atoms with E-state index < -0.39 is 15.2 Å². The fourth-order valence-corrected chi connectivity index (χ4v) is 8.30. The van der Waals surface area contributed by atoms with Crippen molar-refractivity contribution in [1.29, 1.82) is 0 Å². The van der Waals surface area contributed by atoms with E-state index in [9.17, 15) is 14.0 Å². The lowest BCUT2D eigenvalue weighted by atomic mass is 9.86. The van der Waals surface area contributed by atoms with Gasteiger partial charge in [-0.15, -0.1) is 0 Å². The average Bonchev–Trinajstić information content (AvgIpc) is 2.90. The standard InChI is InChI=1S/C23H42N.2C8H19O3P/c1-2-3-4-5-6-7-8-9-10-11-12-13-14-15-16-18-21-24-22-19-17-20-23-24;2*1-7(5-8(2,3)4)6-12(9,10)11/h17,19-20,22-23H,2-16,18,21H2,1H3;2*7H,5-6H2,1-4H3,(H2,9,10,11)/q+1;;/p-1. The monoisotopic (exact) mass is 720 g/mol. The Kier molecular flexibility index (Phi) is 29.0. The molecule has 0 radical (unpaired) electrons. The highest BCUT2D eigenvalue weighted by atomic mass is 31.2. The van der Waals surface area contributed by atoms with Gasteiger partial charge in [-0.05, 0) is 41.9 Å². The van der Waals surface area contributed by atoms with Crippen LogP contribution in [-0.2, 0) is 15.7 Å². The summed E-state index contributed by atoms with van der Waals surface area (Å²) < 4.78 is 23.4. The Hall–Kier alpha value is -0.550. The smallest absolute Gasteiger partial charge is 0.325 e. The van der Waals surface area contributed by atoms with Crippen LogP contribution < -0.4 is 9.46 Å². The Balaban J connectivity index is 0. The van der Waals surface area contributed by atoms with Gasteiger partial charge < -0.3 is 24.1 Å². The molecule has 0 spiro atoms. The Labute approximate surface area is 297 Å². The van der Waals surface area contributed by atoms with Gasteiger partial charge >= 0.3 is 7.60 Å². The number of unbranched alkanes of at least 4 members (excludes halogenated alkanes) is 15. The van der Waals surface area contributed by atoms with Crippen LogP contribution in [0.25, 0.3) is 0 Å². The van der Waals surface area contributed by atoms with Gasteiger partial charge in [-0.25, -0.2) is 4.57 Å². The summed E-state index contributed by atoms with van der Waals surface area (Å²) in [5, 5.41) is 0. The fraction of sp³-hybridized carbons (Fsp3) is 0.872. The molecule has 0 aliphatic heterocycles. The van der Waals surface area contributed by atoms with E-state index in [2.05, 4.69) is 83.6 Å². The van der Waals surface area contributed by atoms with Gasteiger partial charge in [-0.3, -0.25) is 4.57 Å². The molecule has 0 aromatic carbocycles. The summed E-state index contributed by atoms with van der Waals surface area (Å²) >= 11 is 0. The molecule has 3 atom stereocenters. The van der Waals surface area contributed by atoms with Crippen LogP contribution in [0.15, 0.2) is 30.6 Å². The Morgan fingerprint density at radius 2 is 0.917 bits per heavy atom. The van der Waals surface area contributed by atoms with E-state index in [0.29, 0.717) is 0 Å². The second kappa shape index (κ2) is 28.1. The second-order valence-corrected chi connectivity index (χ2v) is 20.2. The van der Waals surface area contributed by atoms with Crippen molar-refractivity contribution in [2.75, 3.05) is 12.3 Å². The van der Waals surface area contributed by atoms with Crippen molar-refractivity contribution in [2.45, 2.75) is 184 Å². The maximum atomic E-state index is 10.6. The minimum Gasteiger partial charge on any atom is -0.779 e. The first kappa shape index (κ1) is 49.6. The Morgan fingerprint density at radius 1 is 0.583 bits per heavy atom. The molecule has 3 unspecified atom stereocenters. The highest BCUT2D eigenvalue weighted by Gasteiger charge is 2.22. The molecule has 1 aromatic heterocycles. The van der Waals surface area contributed by atoms with Crippen molar-refractivity contribution in [3.63, 3.8) is 0 Å². The first-order valence-corrected chi connectivity index (χ1v) is 22.7. The molecular weight excluding hydrogens is 640 g/mol. The molecule has 0 bridgehead atoms. The SMILES string of the molecule is CC(CC(C)(C)C)CP(=O)(O)O.CC(CC(C)(C)C)CP(=O)([O-])O.CCCCCCCCCCCCCCCCCC[n+]1ccccc1. The van der Waals surface area contributed by atoms with Gasteiger partial charge in [0, 0.05) is 24.7 Å². The zero-order valence-electron chi connectivity index (χ0n) is 32.8. The molecule has 1 heterocycles. The number of hydrogen-bond acceptors (Lipinski definition) is 3. The third kappa shape index (κ3) is 43.5. The minimum atomic E-state index is -4.06. The molecule has 1 aromatic rings. The third-order valence-corrected chi connectivity index (χ3v) is 10.2. The van der Waals surface area contributed by atoms with Crippen LogP contribution in [0.2, 0.25) is 0 Å². The van der Waals surface area contributed by atoms with Crippen molar-refractivity contribution < 1.29 is 33.3 Å². The van der Waals surface area contributed by atoms with Crippen molar-refractivity contribution in [3.8, 4) is 0 Å². The van der Waals surface area contributed by atoms with Crippen LogP contribution in [0.1, 0.15) is 178 Å². The molecule has 7 nitrogen and oxygen atoms in total. The number of aromatic nitrogens is 1. The van der Waals surface area contributed by atoms with Gasteiger partial charge in [-0.1, -0.05) is 158 Å². The van der Waals surface area contributed by atoms with Gasteiger partial charge in [0.15, 0.2) is 12.4 Å². The quantitative estimate of drug-likeness (QED) is 0.0588. The highest BCUT2D eigenvalue weighted by Crippen LogP contribution is 2.40. The van der Waals surface area contributed by atoms with E-state index in [4.69, 9.17) is 14.7 Å². The first-order valence-electron chi connectivity index (χ1n) is 19.1. The van der Waals surface area contributed by atoms with Gasteiger partial charge in [0.2, 0.25) is 0 Å². The van der Waals surface area contributed by atoms with E-state index in [1.165, 1.54) is 109 Å². The lowest BCUT2D eigenvalue weighted by Crippen LogP contribution is -2.32. The lowest BCUT2D eigenvalue weighted by molar-refractivity contribution is -0.697. The zero-order valence-corrected chi connectivity index (χ0v) is 34.6. The van der Waals surface area contributed by atoms with Crippen LogP contribution in [0, 0.1) is 22.7 Å². The molecule has 0 amide bonds. The summed E-state index contributed by atoms with van der Waals surface area (Å²) in [6.45, 7) is 19.6. The maximum Gasteiger partial charge on any atom is 0.325 e. The van der Waals surface area contributed by atoms with Gasteiger partial charge in [0.1, 0.15) is 14.1 Å². The average molecular weight is 720 g/mol. The lowest BCUT2D eigenvalue weighted by Gasteiger charge is -2.26. The van der Waals surface area contributed by atoms with Crippen LogP contribution >= 0.6 is 15.2 Å². The summed E-state index contributed by atoms with van der Waals surface area (Å²) in [4.78, 5) is 36.5. The summed E-state index contributed by atoms with van der Waals surface area (Å²) in [5.74, 6) is 0.115. The minimum absolute atomic E-state index is 0.00424. The van der Waals surface area contributed by atoms with E-state index in [1.54, 1.807) is 0 Å². The van der Waals surface area contributed by atoms with Gasteiger partial charge in [-0.2, -0.15) is 0 Å². The predicted octanol–water partition coefficient (Wildman–Crippen LogP) is 11.1. The number of aryl methyl sites for hydroxylation is 1. The van der Waals surface area contributed by atoms with Gasteiger partial charge in [0.25, 0.3) is 0 Å². The molecule has 48 heavy (non-hydrogen) atoms.